The summed E-state index contributed by atoms with van der Waals surface area (Å²) in [7, 11) is 0. The molecule has 4 heteroatoms. The summed E-state index contributed by atoms with van der Waals surface area (Å²) in [6.45, 7) is 4.93. The van der Waals surface area contributed by atoms with Gasteiger partial charge in [0.15, 0.2) is 0 Å². The Morgan fingerprint density at radius 2 is 2.00 bits per heavy atom. The first-order valence-corrected chi connectivity index (χ1v) is 7.92. The standard InChI is InChI=1S/C13H20BrNOS/c1-11(17-2)7-8-15-9-10-16-13-5-3-12(14)4-6-13/h3-6,11,15H,7-10H2,1-2H3. The number of benzene rings is 1. The Bertz CT molecular complexity index is 305. The fourth-order valence-corrected chi connectivity index (χ4v) is 1.94. The van der Waals surface area contributed by atoms with E-state index in [0.717, 1.165) is 35.2 Å². The summed E-state index contributed by atoms with van der Waals surface area (Å²) < 4.78 is 6.68. The molecule has 0 fully saturated rings. The number of hydrogen-bond donors (Lipinski definition) is 1. The average molecular weight is 318 g/mol. The van der Waals surface area contributed by atoms with Gasteiger partial charge in [-0.2, -0.15) is 11.8 Å². The lowest BCUT2D eigenvalue weighted by Gasteiger charge is -2.10. The van der Waals surface area contributed by atoms with Crippen LogP contribution in [0.3, 0.4) is 0 Å². The molecule has 96 valence electrons. The van der Waals surface area contributed by atoms with Crippen molar-refractivity contribution < 1.29 is 4.74 Å². The maximum Gasteiger partial charge on any atom is 0.119 e. The molecular formula is C13H20BrNOS. The molecule has 0 amide bonds. The molecule has 1 unspecified atom stereocenters. The summed E-state index contributed by atoms with van der Waals surface area (Å²) in [5.74, 6) is 0.924. The lowest BCUT2D eigenvalue weighted by Crippen LogP contribution is -2.23. The van der Waals surface area contributed by atoms with Crippen molar-refractivity contribution in [3.8, 4) is 5.75 Å². The quantitative estimate of drug-likeness (QED) is 0.741. The second kappa shape index (κ2) is 8.84. The molecule has 1 aromatic carbocycles. The van der Waals surface area contributed by atoms with E-state index in [1.807, 2.05) is 36.0 Å². The van der Waals surface area contributed by atoms with Crippen LogP contribution in [0.2, 0.25) is 0 Å². The van der Waals surface area contributed by atoms with E-state index in [1.54, 1.807) is 0 Å². The van der Waals surface area contributed by atoms with Crippen LogP contribution in [0.15, 0.2) is 28.7 Å². The smallest absolute Gasteiger partial charge is 0.119 e. The third-order valence-electron chi connectivity index (χ3n) is 2.49. The predicted octanol–water partition coefficient (Wildman–Crippen LogP) is 3.56. The number of thioether (sulfide) groups is 1. The van der Waals surface area contributed by atoms with Crippen molar-refractivity contribution in [2.24, 2.45) is 0 Å². The average Bonchev–Trinajstić information content (AvgIpc) is 2.35. The van der Waals surface area contributed by atoms with Crippen molar-refractivity contribution in [1.82, 2.24) is 5.32 Å². The maximum absolute atomic E-state index is 5.61. The number of nitrogens with one attached hydrogen (secondary N) is 1. The third kappa shape index (κ3) is 6.96. The second-order valence-corrected chi connectivity index (χ2v) is 6.08. The fourth-order valence-electron chi connectivity index (χ4n) is 1.32. The van der Waals surface area contributed by atoms with Gasteiger partial charge in [0, 0.05) is 16.3 Å². The molecule has 17 heavy (non-hydrogen) atoms. The molecule has 1 N–H and O–H groups in total. The Morgan fingerprint density at radius 1 is 1.29 bits per heavy atom. The minimum Gasteiger partial charge on any atom is -0.492 e. The molecule has 0 aliphatic carbocycles. The summed E-state index contributed by atoms with van der Waals surface area (Å²) in [6, 6.07) is 7.92. The fraction of sp³-hybridized carbons (Fsp3) is 0.538. The van der Waals surface area contributed by atoms with Crippen molar-refractivity contribution in [2.75, 3.05) is 26.0 Å². The molecule has 1 rings (SSSR count). The molecule has 0 aromatic heterocycles. The first-order valence-electron chi connectivity index (χ1n) is 5.84. The third-order valence-corrected chi connectivity index (χ3v) is 4.06. The first-order chi connectivity index (χ1) is 8.22. The van der Waals surface area contributed by atoms with Crippen LogP contribution in [0.5, 0.6) is 5.75 Å². The van der Waals surface area contributed by atoms with Crippen LogP contribution in [0.1, 0.15) is 13.3 Å². The molecule has 0 saturated carbocycles. The number of ether oxygens (including phenoxy) is 1. The van der Waals surface area contributed by atoms with Crippen LogP contribution in [0.25, 0.3) is 0 Å². The SMILES string of the molecule is CSC(C)CCNCCOc1ccc(Br)cc1. The van der Waals surface area contributed by atoms with E-state index in [0.29, 0.717) is 0 Å². The van der Waals surface area contributed by atoms with E-state index in [-0.39, 0.29) is 0 Å². The zero-order valence-electron chi connectivity index (χ0n) is 10.4. The molecule has 0 radical (unpaired) electrons. The van der Waals surface area contributed by atoms with E-state index in [4.69, 9.17) is 4.74 Å². The largest absolute Gasteiger partial charge is 0.492 e. The van der Waals surface area contributed by atoms with Crippen LogP contribution < -0.4 is 10.1 Å². The summed E-state index contributed by atoms with van der Waals surface area (Å²) in [4.78, 5) is 0. The zero-order valence-corrected chi connectivity index (χ0v) is 12.8. The van der Waals surface area contributed by atoms with Gasteiger partial charge in [-0.25, -0.2) is 0 Å². The van der Waals surface area contributed by atoms with Crippen molar-refractivity contribution >= 4 is 27.7 Å². The molecular weight excluding hydrogens is 298 g/mol. The van der Waals surface area contributed by atoms with Crippen molar-refractivity contribution in [3.05, 3.63) is 28.7 Å². The van der Waals surface area contributed by atoms with Gasteiger partial charge in [-0.3, -0.25) is 0 Å². The Hall–Kier alpha value is -0.190. The molecule has 1 atom stereocenters. The normalized spacial score (nSPS) is 12.4. The Morgan fingerprint density at radius 3 is 2.65 bits per heavy atom. The summed E-state index contributed by atoms with van der Waals surface area (Å²) >= 11 is 5.31. The van der Waals surface area contributed by atoms with Crippen LogP contribution in [0.4, 0.5) is 0 Å². The van der Waals surface area contributed by atoms with Gasteiger partial charge in [-0.05, 0) is 43.5 Å². The van der Waals surface area contributed by atoms with E-state index < -0.39 is 0 Å². The lowest BCUT2D eigenvalue weighted by molar-refractivity contribution is 0.314. The minimum atomic E-state index is 0.718. The summed E-state index contributed by atoms with van der Waals surface area (Å²) in [5, 5.41) is 4.12. The molecule has 0 aliphatic rings. The van der Waals surface area contributed by atoms with Gasteiger partial charge in [0.1, 0.15) is 12.4 Å². The van der Waals surface area contributed by atoms with E-state index >= 15 is 0 Å². The molecule has 0 bridgehead atoms. The zero-order chi connectivity index (χ0) is 12.5. The van der Waals surface area contributed by atoms with E-state index in [2.05, 4.69) is 34.4 Å². The predicted molar refractivity (Wildman–Crippen MR) is 80.1 cm³/mol. The van der Waals surface area contributed by atoms with Crippen LogP contribution >= 0.6 is 27.7 Å². The van der Waals surface area contributed by atoms with E-state index in [1.165, 1.54) is 6.42 Å². The van der Waals surface area contributed by atoms with Crippen LogP contribution in [-0.2, 0) is 0 Å². The minimum absolute atomic E-state index is 0.718. The molecule has 0 spiro atoms. The van der Waals surface area contributed by atoms with Gasteiger partial charge in [0.25, 0.3) is 0 Å². The van der Waals surface area contributed by atoms with Gasteiger partial charge >= 0.3 is 0 Å². The molecule has 0 saturated heterocycles. The highest BCUT2D eigenvalue weighted by atomic mass is 79.9. The highest BCUT2D eigenvalue weighted by Gasteiger charge is 1.98. The maximum atomic E-state index is 5.61. The molecule has 2 nitrogen and oxygen atoms in total. The Balaban J connectivity index is 2.02. The van der Waals surface area contributed by atoms with Gasteiger partial charge in [0.2, 0.25) is 0 Å². The van der Waals surface area contributed by atoms with Crippen molar-refractivity contribution in [3.63, 3.8) is 0 Å². The summed E-state index contributed by atoms with van der Waals surface area (Å²) in [6.07, 6.45) is 3.36. The number of hydrogen-bond acceptors (Lipinski definition) is 3. The van der Waals surface area contributed by atoms with Gasteiger partial charge in [-0.15, -0.1) is 0 Å². The highest BCUT2D eigenvalue weighted by Crippen LogP contribution is 2.15. The highest BCUT2D eigenvalue weighted by molar-refractivity contribution is 9.10. The number of halogens is 1. The lowest BCUT2D eigenvalue weighted by atomic mass is 10.3. The topological polar surface area (TPSA) is 21.3 Å². The summed E-state index contributed by atoms with van der Waals surface area (Å²) in [5.41, 5.74) is 0. The van der Waals surface area contributed by atoms with Crippen molar-refractivity contribution in [2.45, 2.75) is 18.6 Å². The molecule has 0 aliphatic heterocycles. The van der Waals surface area contributed by atoms with Crippen LogP contribution in [0, 0.1) is 0 Å². The Labute approximate surface area is 117 Å². The molecule has 1 aromatic rings. The Kier molecular flexibility index (Phi) is 7.73. The van der Waals surface area contributed by atoms with Crippen LogP contribution in [-0.4, -0.2) is 31.2 Å². The number of rotatable bonds is 8. The molecule has 0 heterocycles. The van der Waals surface area contributed by atoms with Crippen molar-refractivity contribution in [1.29, 1.82) is 0 Å². The van der Waals surface area contributed by atoms with Gasteiger partial charge in [-0.1, -0.05) is 22.9 Å². The second-order valence-electron chi connectivity index (χ2n) is 3.89. The van der Waals surface area contributed by atoms with Gasteiger partial charge in [0.05, 0.1) is 0 Å². The first kappa shape index (κ1) is 14.9. The van der Waals surface area contributed by atoms with Gasteiger partial charge < -0.3 is 10.1 Å². The van der Waals surface area contributed by atoms with E-state index in [9.17, 15) is 0 Å². The monoisotopic (exact) mass is 317 g/mol.